The van der Waals surface area contributed by atoms with Gasteiger partial charge in [0.1, 0.15) is 5.76 Å². The van der Waals surface area contributed by atoms with E-state index in [9.17, 15) is 18.3 Å². The van der Waals surface area contributed by atoms with E-state index in [2.05, 4.69) is 20.7 Å². The summed E-state index contributed by atoms with van der Waals surface area (Å²) < 4.78 is 29.2. The number of hydrogen-bond donors (Lipinski definition) is 3. The van der Waals surface area contributed by atoms with Crippen LogP contribution >= 0.6 is 27.7 Å². The van der Waals surface area contributed by atoms with Gasteiger partial charge in [0.2, 0.25) is 0 Å². The van der Waals surface area contributed by atoms with Crippen molar-refractivity contribution >= 4 is 43.7 Å². The molecule has 1 aromatic carbocycles. The fourth-order valence-electron chi connectivity index (χ4n) is 3.08. The van der Waals surface area contributed by atoms with E-state index in [4.69, 9.17) is 5.11 Å². The van der Waals surface area contributed by atoms with Crippen LogP contribution < -0.4 is 4.72 Å². The maximum atomic E-state index is 12.9. The summed E-state index contributed by atoms with van der Waals surface area (Å²) in [6, 6.07) is 6.35. The van der Waals surface area contributed by atoms with Crippen molar-refractivity contribution in [2.75, 3.05) is 5.75 Å². The summed E-state index contributed by atoms with van der Waals surface area (Å²) in [5.41, 5.74) is 0.164. The molecule has 0 bridgehead atoms. The van der Waals surface area contributed by atoms with Gasteiger partial charge >= 0.3 is 5.97 Å². The Bertz CT molecular complexity index is 1060. The first kappa shape index (κ1) is 20.8. The number of hydrogen-bond acceptors (Lipinski definition) is 5. The van der Waals surface area contributed by atoms with Crippen molar-refractivity contribution in [2.45, 2.75) is 18.2 Å². The van der Waals surface area contributed by atoms with Crippen molar-refractivity contribution in [3.8, 4) is 0 Å². The van der Waals surface area contributed by atoms with E-state index in [-0.39, 0.29) is 16.4 Å². The van der Waals surface area contributed by atoms with Gasteiger partial charge in [-0.25, -0.2) is 8.42 Å². The Morgan fingerprint density at radius 1 is 1.39 bits per heavy atom. The Labute approximate surface area is 175 Å². The number of carboxylic acid groups (broad SMARTS) is 1. The third-order valence-electron chi connectivity index (χ3n) is 4.58. The number of allylic oxidation sites excluding steroid dienone is 6. The lowest BCUT2D eigenvalue weighted by Crippen LogP contribution is -2.37. The lowest BCUT2D eigenvalue weighted by atomic mass is 9.71. The highest BCUT2D eigenvalue weighted by molar-refractivity contribution is 9.10. The fourth-order valence-corrected chi connectivity index (χ4v) is 5.59. The molecule has 1 atom stereocenters. The van der Waals surface area contributed by atoms with Crippen LogP contribution in [0.1, 0.15) is 13.3 Å². The minimum absolute atomic E-state index is 0.0245. The molecule has 148 valence electrons. The predicted molar refractivity (Wildman–Crippen MR) is 112 cm³/mol. The molecule has 0 spiro atoms. The first-order valence-corrected chi connectivity index (χ1v) is 11.6. The number of fused-ring (bicyclic) bond motifs is 1. The lowest BCUT2D eigenvalue weighted by Gasteiger charge is -2.39. The molecule has 0 aliphatic heterocycles. The van der Waals surface area contributed by atoms with E-state index in [1.54, 1.807) is 24.3 Å². The molecule has 0 radical (unpaired) electrons. The molecule has 6 nitrogen and oxygen atoms in total. The molecule has 1 unspecified atom stereocenters. The number of carbonyl (C=O) groups is 1. The minimum atomic E-state index is -3.87. The van der Waals surface area contributed by atoms with Crippen LogP contribution in [0.4, 0.5) is 0 Å². The van der Waals surface area contributed by atoms with Crippen molar-refractivity contribution in [1.82, 2.24) is 4.72 Å². The van der Waals surface area contributed by atoms with Crippen LogP contribution in [-0.2, 0) is 14.8 Å². The van der Waals surface area contributed by atoms with Crippen molar-refractivity contribution in [2.24, 2.45) is 5.41 Å². The normalized spacial score (nSPS) is 21.6. The van der Waals surface area contributed by atoms with Gasteiger partial charge in [-0.1, -0.05) is 40.2 Å². The van der Waals surface area contributed by atoms with E-state index in [0.29, 0.717) is 27.1 Å². The van der Waals surface area contributed by atoms with Gasteiger partial charge in [-0.05, 0) is 37.6 Å². The molecule has 2 aliphatic rings. The highest BCUT2D eigenvalue weighted by Crippen LogP contribution is 2.49. The summed E-state index contributed by atoms with van der Waals surface area (Å²) in [6.07, 6.45) is 7.42. The number of aliphatic carboxylic acids is 1. The SMILES string of the molecule is CC12CC=CC=C1C(O)=C(SCC(=O)O)C=C2NS(=O)(=O)c1cccc(Br)c1. The number of rotatable bonds is 6. The molecule has 0 amide bonds. The Hall–Kier alpha value is -1.97. The molecule has 3 N–H and O–H groups in total. The number of carboxylic acids is 1. The number of nitrogens with one attached hydrogen (secondary N) is 1. The zero-order valence-electron chi connectivity index (χ0n) is 14.8. The van der Waals surface area contributed by atoms with Crippen molar-refractivity contribution in [3.05, 3.63) is 75.0 Å². The monoisotopic (exact) mass is 483 g/mol. The Balaban J connectivity index is 2.04. The Morgan fingerprint density at radius 2 is 2.14 bits per heavy atom. The van der Waals surface area contributed by atoms with Crippen LogP contribution in [0, 0.1) is 5.41 Å². The zero-order valence-corrected chi connectivity index (χ0v) is 18.1. The van der Waals surface area contributed by atoms with Crippen LogP contribution in [0.15, 0.2) is 79.9 Å². The molecule has 0 saturated heterocycles. The maximum Gasteiger partial charge on any atom is 0.313 e. The topological polar surface area (TPSA) is 104 Å². The number of aliphatic hydroxyl groups excluding tert-OH is 1. The molecule has 0 heterocycles. The zero-order chi connectivity index (χ0) is 20.5. The average Bonchev–Trinajstić information content (AvgIpc) is 2.63. The molecule has 0 saturated carbocycles. The fraction of sp³-hybridized carbons (Fsp3) is 0.211. The first-order valence-electron chi connectivity index (χ1n) is 8.29. The summed E-state index contributed by atoms with van der Waals surface area (Å²) in [4.78, 5) is 11.3. The number of benzene rings is 1. The summed E-state index contributed by atoms with van der Waals surface area (Å²) in [7, 11) is -3.87. The summed E-state index contributed by atoms with van der Waals surface area (Å²) in [6.45, 7) is 1.84. The standard InChI is InChI=1S/C19H18BrNO5S2/c1-19-8-3-2-7-14(19)18(24)15(27-11-17(22)23)10-16(19)21-28(25,26)13-6-4-5-12(20)9-13/h2-7,9-10,21,24H,8,11H2,1H3,(H,22,23). The van der Waals surface area contributed by atoms with Crippen LogP contribution in [0.25, 0.3) is 0 Å². The number of sulfonamides is 1. The van der Waals surface area contributed by atoms with Crippen molar-refractivity contribution in [1.29, 1.82) is 0 Å². The van der Waals surface area contributed by atoms with E-state index < -0.39 is 21.4 Å². The second-order valence-corrected chi connectivity index (χ2v) is 10.2. The van der Waals surface area contributed by atoms with E-state index >= 15 is 0 Å². The van der Waals surface area contributed by atoms with E-state index in [1.165, 1.54) is 18.2 Å². The third kappa shape index (κ3) is 4.06. The lowest BCUT2D eigenvalue weighted by molar-refractivity contribution is -0.133. The quantitative estimate of drug-likeness (QED) is 0.562. The molecule has 2 aliphatic carbocycles. The van der Waals surface area contributed by atoms with Crippen molar-refractivity contribution < 1.29 is 23.4 Å². The molecule has 0 aromatic heterocycles. The summed E-state index contributed by atoms with van der Waals surface area (Å²) in [5, 5.41) is 19.6. The molecule has 0 fully saturated rings. The van der Waals surface area contributed by atoms with Gasteiger partial charge in [0.25, 0.3) is 10.0 Å². The predicted octanol–water partition coefficient (Wildman–Crippen LogP) is 4.10. The molecule has 9 heteroatoms. The van der Waals surface area contributed by atoms with Gasteiger partial charge in [-0.2, -0.15) is 0 Å². The number of halogens is 1. The third-order valence-corrected chi connectivity index (χ3v) is 7.45. The maximum absolute atomic E-state index is 12.9. The second kappa shape index (κ2) is 7.81. The van der Waals surface area contributed by atoms with Gasteiger partial charge in [0.05, 0.1) is 15.6 Å². The second-order valence-electron chi connectivity index (χ2n) is 6.56. The highest BCUT2D eigenvalue weighted by Gasteiger charge is 2.41. The van der Waals surface area contributed by atoms with Gasteiger partial charge in [0.15, 0.2) is 0 Å². The van der Waals surface area contributed by atoms with Crippen LogP contribution in [0.3, 0.4) is 0 Å². The van der Waals surface area contributed by atoms with E-state index in [0.717, 1.165) is 11.8 Å². The van der Waals surface area contributed by atoms with Gasteiger partial charge in [-0.15, -0.1) is 11.8 Å². The molecule has 3 rings (SSSR count). The highest BCUT2D eigenvalue weighted by atomic mass is 79.9. The van der Waals surface area contributed by atoms with Crippen LogP contribution in [-0.4, -0.2) is 30.4 Å². The average molecular weight is 484 g/mol. The van der Waals surface area contributed by atoms with Crippen LogP contribution in [0.5, 0.6) is 0 Å². The largest absolute Gasteiger partial charge is 0.506 e. The Kier molecular flexibility index (Phi) is 5.79. The molecule has 28 heavy (non-hydrogen) atoms. The molecular weight excluding hydrogens is 466 g/mol. The number of aliphatic hydroxyl groups is 1. The van der Waals surface area contributed by atoms with Crippen LogP contribution in [0.2, 0.25) is 0 Å². The number of thioether (sulfide) groups is 1. The smallest absolute Gasteiger partial charge is 0.313 e. The minimum Gasteiger partial charge on any atom is -0.506 e. The van der Waals surface area contributed by atoms with Crippen molar-refractivity contribution in [3.63, 3.8) is 0 Å². The van der Waals surface area contributed by atoms with Gasteiger partial charge in [-0.3, -0.25) is 9.52 Å². The molecule has 1 aromatic rings. The summed E-state index contributed by atoms with van der Waals surface area (Å²) in [5.74, 6) is -1.30. The van der Waals surface area contributed by atoms with E-state index in [1.807, 2.05) is 13.0 Å². The molecular formula is C19H18BrNO5S2. The Morgan fingerprint density at radius 3 is 2.82 bits per heavy atom. The first-order chi connectivity index (χ1) is 13.1. The van der Waals surface area contributed by atoms with Gasteiger partial charge in [0, 0.05) is 21.2 Å². The van der Waals surface area contributed by atoms with Gasteiger partial charge < -0.3 is 10.2 Å². The summed E-state index contributed by atoms with van der Waals surface area (Å²) >= 11 is 4.22.